The highest BCUT2D eigenvalue weighted by molar-refractivity contribution is 5.88. The molecule has 410 valence electrons. The number of esters is 3. The molecule has 0 aliphatic heterocycles. The molecule has 0 aromatic heterocycles. The van der Waals surface area contributed by atoms with Gasteiger partial charge in [0.15, 0.2) is 0 Å². The van der Waals surface area contributed by atoms with E-state index in [0.29, 0.717) is 12.8 Å². The Morgan fingerprint density at radius 2 is 0.973 bits per heavy atom. The molecule has 1 aliphatic rings. The number of fused-ring (bicyclic) bond motifs is 3. The maximum Gasteiger partial charge on any atom is 0.407 e. The number of nitrogens with one attached hydrogen (secondary N) is 1. The molecule has 11 heteroatoms. The van der Waals surface area contributed by atoms with Crippen LogP contribution in [-0.4, -0.2) is 60.9 Å². The van der Waals surface area contributed by atoms with Crippen LogP contribution in [0.15, 0.2) is 72.8 Å². The second-order valence-electron chi connectivity index (χ2n) is 20.9. The molecule has 0 fully saturated rings. The topological polar surface area (TPSA) is 160 Å². The van der Waals surface area contributed by atoms with Crippen molar-refractivity contribution >= 4 is 29.9 Å². The molecule has 0 heterocycles. The van der Waals surface area contributed by atoms with Gasteiger partial charge >= 0.3 is 24.0 Å². The van der Waals surface area contributed by atoms with Crippen molar-refractivity contribution in [3.05, 3.63) is 84.0 Å². The summed E-state index contributed by atoms with van der Waals surface area (Å²) >= 11 is 0. The molecule has 11 nitrogen and oxygen atoms in total. The highest BCUT2D eigenvalue weighted by Crippen LogP contribution is 2.44. The van der Waals surface area contributed by atoms with Crippen molar-refractivity contribution < 1.29 is 42.9 Å². The van der Waals surface area contributed by atoms with Crippen LogP contribution < -0.4 is 11.1 Å². The van der Waals surface area contributed by atoms with Crippen LogP contribution >= 0.6 is 0 Å². The Kier molecular flexibility index (Phi) is 35.6. The number of amides is 2. The Hall–Kier alpha value is -4.93. The van der Waals surface area contributed by atoms with Gasteiger partial charge in [0, 0.05) is 18.8 Å². The van der Waals surface area contributed by atoms with E-state index in [9.17, 15) is 24.0 Å². The highest BCUT2D eigenvalue weighted by Gasteiger charge is 2.30. The van der Waals surface area contributed by atoms with Gasteiger partial charge in [-0.05, 0) is 114 Å². The lowest BCUT2D eigenvalue weighted by Crippen LogP contribution is -2.46. The summed E-state index contributed by atoms with van der Waals surface area (Å²) in [5.74, 6) is -1.95. The molecular formula is C62H98N2O9. The fourth-order valence-corrected chi connectivity index (χ4v) is 8.83. The minimum absolute atomic E-state index is 0.0950. The molecule has 0 radical (unpaired) electrons. The van der Waals surface area contributed by atoms with Gasteiger partial charge in [0.25, 0.3) is 0 Å². The summed E-state index contributed by atoms with van der Waals surface area (Å²) in [4.78, 5) is 60.1. The first-order chi connectivity index (χ1) is 35.2. The second kappa shape index (κ2) is 40.5. The lowest BCUT2D eigenvalue weighted by molar-refractivity contribution is -0.158. The highest BCUT2D eigenvalue weighted by atomic mass is 16.6. The molecule has 0 spiro atoms. The van der Waals surface area contributed by atoms with Gasteiger partial charge in [0.2, 0.25) is 5.91 Å². The lowest BCUT2D eigenvalue weighted by Gasteiger charge is -2.22. The minimum atomic E-state index is -1.21. The number of allylic oxidation sites excluding steroid dienone is 4. The van der Waals surface area contributed by atoms with Crippen molar-refractivity contribution in [1.82, 2.24) is 5.32 Å². The molecule has 1 aliphatic carbocycles. The van der Waals surface area contributed by atoms with Crippen LogP contribution in [0.5, 0.6) is 0 Å². The lowest BCUT2D eigenvalue weighted by atomic mass is 9.98. The van der Waals surface area contributed by atoms with Gasteiger partial charge < -0.3 is 30.0 Å². The van der Waals surface area contributed by atoms with Crippen molar-refractivity contribution in [2.45, 2.75) is 251 Å². The molecule has 2 amide bonds. The number of hydrogen-bond donors (Lipinski definition) is 2. The van der Waals surface area contributed by atoms with Crippen LogP contribution in [0.1, 0.15) is 245 Å². The SMILES string of the molecule is CC(C)(C)OC(=O)CC(NC(=O)OCC1c2ccccc2-c2ccccc21)C(N)=O.CCCCCCCC/C=C\CCCCCCCC(=O)OCC(C)OC(=O)CCCCCCC/C=C\CCCCCCCC. The van der Waals surface area contributed by atoms with E-state index < -0.39 is 29.6 Å². The van der Waals surface area contributed by atoms with E-state index in [1.165, 1.54) is 141 Å². The van der Waals surface area contributed by atoms with Crippen LogP contribution in [-0.2, 0) is 38.1 Å². The van der Waals surface area contributed by atoms with Crippen LogP contribution in [0.4, 0.5) is 4.79 Å². The molecule has 2 unspecified atom stereocenters. The molecule has 73 heavy (non-hydrogen) atoms. The normalized spacial score (nSPS) is 12.9. The number of carbonyl (C=O) groups excluding carboxylic acids is 5. The molecule has 2 aromatic carbocycles. The summed E-state index contributed by atoms with van der Waals surface area (Å²) in [7, 11) is 0. The predicted molar refractivity (Wildman–Crippen MR) is 297 cm³/mol. The summed E-state index contributed by atoms with van der Waals surface area (Å²) in [5.41, 5.74) is 9.00. The maximum atomic E-state index is 12.3. The zero-order valence-corrected chi connectivity index (χ0v) is 46.3. The number of rotatable bonds is 39. The summed E-state index contributed by atoms with van der Waals surface area (Å²) < 4.78 is 21.3. The third-order valence-corrected chi connectivity index (χ3v) is 12.9. The number of unbranched alkanes of at least 4 members (excludes halogenated alkanes) is 22. The number of nitrogens with two attached hydrogens (primary N) is 1. The van der Waals surface area contributed by atoms with Crippen molar-refractivity contribution in [1.29, 1.82) is 0 Å². The Labute approximate surface area is 442 Å². The van der Waals surface area contributed by atoms with Gasteiger partial charge in [0.1, 0.15) is 31.0 Å². The van der Waals surface area contributed by atoms with E-state index in [1.54, 1.807) is 27.7 Å². The van der Waals surface area contributed by atoms with Gasteiger partial charge in [-0.3, -0.25) is 19.2 Å². The quantitative estimate of drug-likeness (QED) is 0.0287. The van der Waals surface area contributed by atoms with E-state index in [2.05, 4.69) is 43.5 Å². The van der Waals surface area contributed by atoms with Crippen LogP contribution in [0.2, 0.25) is 0 Å². The zero-order valence-electron chi connectivity index (χ0n) is 46.3. The number of ether oxygens (including phenoxy) is 4. The molecule has 2 aromatic rings. The van der Waals surface area contributed by atoms with Gasteiger partial charge in [-0.1, -0.05) is 189 Å². The average Bonchev–Trinajstić information content (AvgIpc) is 3.67. The average molecular weight is 1020 g/mol. The maximum absolute atomic E-state index is 12.3. The summed E-state index contributed by atoms with van der Waals surface area (Å²) in [5, 5.41) is 2.37. The number of carbonyl (C=O) groups is 5. The molecule has 0 saturated heterocycles. The number of benzene rings is 2. The number of hydrogen-bond acceptors (Lipinski definition) is 9. The van der Waals surface area contributed by atoms with Gasteiger partial charge in [-0.25, -0.2) is 4.79 Å². The standard InChI is InChI=1S/C39H72O4.C23H26N2O5/c1-4-6-8-10-12-14-16-18-20-22-24-26-28-30-32-34-38(40)42-36-37(3)43-39(41)35-33-31-29-27-25-23-21-19-17-15-13-11-9-7-5-2;1-23(2,3)30-20(26)12-19(21(24)27)25-22(28)29-13-18-16-10-6-4-8-14(16)15-9-5-7-11-17(15)18/h18-21,37H,4-17,22-36H2,1-3H3;4-11,18-19H,12-13H2,1-3H3,(H2,24,27)(H,25,28)/b20-18-,21-19-;. The summed E-state index contributed by atoms with van der Waals surface area (Å²) in [6.45, 7) is 11.7. The van der Waals surface area contributed by atoms with Gasteiger partial charge in [-0.2, -0.15) is 0 Å². The molecule has 0 saturated carbocycles. The zero-order chi connectivity index (χ0) is 53.4. The summed E-state index contributed by atoms with van der Waals surface area (Å²) in [6, 6.07) is 14.7. The Bertz CT molecular complexity index is 1840. The fraction of sp³-hybridized carbons (Fsp3) is 0.661. The molecule has 2 atom stereocenters. The van der Waals surface area contributed by atoms with Gasteiger partial charge in [-0.15, -0.1) is 0 Å². The van der Waals surface area contributed by atoms with Crippen molar-refractivity contribution in [2.24, 2.45) is 5.73 Å². The van der Waals surface area contributed by atoms with Crippen LogP contribution in [0, 0.1) is 0 Å². The van der Waals surface area contributed by atoms with E-state index in [4.69, 9.17) is 24.7 Å². The van der Waals surface area contributed by atoms with Crippen molar-refractivity contribution in [2.75, 3.05) is 13.2 Å². The Morgan fingerprint density at radius 1 is 0.562 bits per heavy atom. The second-order valence-corrected chi connectivity index (χ2v) is 20.9. The van der Waals surface area contributed by atoms with E-state index in [0.717, 1.165) is 47.9 Å². The smallest absolute Gasteiger partial charge is 0.407 e. The molecule has 3 N–H and O–H groups in total. The first-order valence-electron chi connectivity index (χ1n) is 28.5. The summed E-state index contributed by atoms with van der Waals surface area (Å²) in [6.07, 6.45) is 41.0. The Morgan fingerprint density at radius 3 is 1.41 bits per heavy atom. The first kappa shape index (κ1) is 64.2. The predicted octanol–water partition coefficient (Wildman–Crippen LogP) is 15.6. The van der Waals surface area contributed by atoms with E-state index in [1.807, 2.05) is 48.5 Å². The van der Waals surface area contributed by atoms with E-state index in [-0.39, 0.29) is 43.6 Å². The van der Waals surface area contributed by atoms with Crippen molar-refractivity contribution in [3.63, 3.8) is 0 Å². The fourth-order valence-electron chi connectivity index (χ4n) is 8.83. The monoisotopic (exact) mass is 1010 g/mol. The third-order valence-electron chi connectivity index (χ3n) is 12.9. The molecule has 0 bridgehead atoms. The minimum Gasteiger partial charge on any atom is -0.462 e. The molecule has 3 rings (SSSR count). The Balaban J connectivity index is 0.000000529. The van der Waals surface area contributed by atoms with E-state index >= 15 is 0 Å². The van der Waals surface area contributed by atoms with Crippen LogP contribution in [0.25, 0.3) is 11.1 Å². The molecular weight excluding hydrogens is 917 g/mol. The first-order valence-corrected chi connectivity index (χ1v) is 28.5. The van der Waals surface area contributed by atoms with Crippen LogP contribution in [0.3, 0.4) is 0 Å². The van der Waals surface area contributed by atoms with Crippen molar-refractivity contribution in [3.8, 4) is 11.1 Å². The van der Waals surface area contributed by atoms with Gasteiger partial charge in [0.05, 0.1) is 6.42 Å². The number of primary amides is 1. The largest absolute Gasteiger partial charge is 0.462 e. The third kappa shape index (κ3) is 32.1. The number of alkyl carbamates (subject to hydrolysis) is 1.